The third-order valence-corrected chi connectivity index (χ3v) is 3.31. The van der Waals surface area contributed by atoms with Crippen LogP contribution in [0.25, 0.3) is 0 Å². The number of nitrogens with zero attached hydrogens (tertiary/aromatic N) is 2. The summed E-state index contributed by atoms with van der Waals surface area (Å²) in [7, 11) is 0. The molecule has 1 fully saturated rings. The van der Waals surface area contributed by atoms with Gasteiger partial charge in [-0.1, -0.05) is 0 Å². The van der Waals surface area contributed by atoms with Crippen LogP contribution in [0.4, 0.5) is 23.2 Å². The molecule has 1 N–H and O–H groups in total. The standard InChI is InChI=1S/C12H13F4N3O2.2ClH/c13-10-2-1-8(19(20)21)7-9(10)11(12(14,15)16)18-5-3-17-4-6-18;;/h1-2,7,11,17H,3-6H2;2*1H/t11-;;/m0../s1. The molecule has 11 heteroatoms. The molecule has 0 aromatic heterocycles. The maximum Gasteiger partial charge on any atom is 0.408 e. The van der Waals surface area contributed by atoms with E-state index in [4.69, 9.17) is 0 Å². The van der Waals surface area contributed by atoms with Gasteiger partial charge in [-0.05, 0) is 6.07 Å². The highest BCUT2D eigenvalue weighted by molar-refractivity contribution is 5.85. The molecule has 1 aliphatic rings. The Morgan fingerprint density at radius 2 is 1.78 bits per heavy atom. The second-order valence-corrected chi connectivity index (χ2v) is 4.69. The van der Waals surface area contributed by atoms with Crippen LogP contribution >= 0.6 is 24.8 Å². The molecule has 1 saturated heterocycles. The molecule has 0 radical (unpaired) electrons. The van der Waals surface area contributed by atoms with Crippen molar-refractivity contribution < 1.29 is 22.5 Å². The molecule has 1 aliphatic heterocycles. The van der Waals surface area contributed by atoms with Gasteiger partial charge in [0.25, 0.3) is 5.69 Å². The third kappa shape index (κ3) is 5.17. The zero-order valence-corrected chi connectivity index (χ0v) is 13.3. The van der Waals surface area contributed by atoms with Gasteiger partial charge >= 0.3 is 6.18 Å². The van der Waals surface area contributed by atoms with E-state index in [1.807, 2.05) is 0 Å². The molecular formula is C12H15Cl2F4N3O2. The van der Waals surface area contributed by atoms with Crippen molar-refractivity contribution in [2.45, 2.75) is 12.2 Å². The number of alkyl halides is 3. The van der Waals surface area contributed by atoms with Crippen molar-refractivity contribution in [3.05, 3.63) is 39.7 Å². The topological polar surface area (TPSA) is 58.4 Å². The predicted octanol–water partition coefficient (Wildman–Crippen LogP) is 3.09. The smallest absolute Gasteiger partial charge is 0.314 e. The first kappa shape index (κ1) is 21.8. The van der Waals surface area contributed by atoms with Crippen LogP contribution in [0.5, 0.6) is 0 Å². The maximum atomic E-state index is 13.8. The van der Waals surface area contributed by atoms with Crippen LogP contribution in [0, 0.1) is 15.9 Å². The lowest BCUT2D eigenvalue weighted by Gasteiger charge is -2.36. The first-order chi connectivity index (χ1) is 9.80. The largest absolute Gasteiger partial charge is 0.408 e. The SMILES string of the molecule is Cl.Cl.O=[N+]([O-])c1ccc(F)c([C@H](N2CCNCC2)C(F)(F)F)c1. The number of piperazine rings is 1. The van der Waals surface area contributed by atoms with Gasteiger partial charge in [0.15, 0.2) is 0 Å². The number of hydrogen-bond donors (Lipinski definition) is 1. The summed E-state index contributed by atoms with van der Waals surface area (Å²) in [5.74, 6) is -1.10. The van der Waals surface area contributed by atoms with E-state index in [2.05, 4.69) is 5.32 Å². The number of nitrogens with one attached hydrogen (secondary N) is 1. The molecule has 1 heterocycles. The van der Waals surface area contributed by atoms with Crippen molar-refractivity contribution in [3.63, 3.8) is 0 Å². The average molecular weight is 380 g/mol. The molecule has 1 aromatic carbocycles. The molecule has 23 heavy (non-hydrogen) atoms. The molecule has 0 bridgehead atoms. The van der Waals surface area contributed by atoms with Crippen LogP contribution in [0.15, 0.2) is 18.2 Å². The maximum absolute atomic E-state index is 13.8. The van der Waals surface area contributed by atoms with Gasteiger partial charge in [0, 0.05) is 43.9 Å². The first-order valence-corrected chi connectivity index (χ1v) is 6.26. The van der Waals surface area contributed by atoms with E-state index in [1.54, 1.807) is 0 Å². The highest BCUT2D eigenvalue weighted by Gasteiger charge is 2.46. The Morgan fingerprint density at radius 3 is 2.26 bits per heavy atom. The molecule has 1 aromatic rings. The van der Waals surface area contributed by atoms with Gasteiger partial charge in [0.1, 0.15) is 11.9 Å². The Hall–Kier alpha value is -1.16. The lowest BCUT2D eigenvalue weighted by atomic mass is 10.0. The van der Waals surface area contributed by atoms with Crippen LogP contribution in [0.3, 0.4) is 0 Å². The van der Waals surface area contributed by atoms with E-state index < -0.39 is 34.2 Å². The summed E-state index contributed by atoms with van der Waals surface area (Å²) in [6.45, 7) is 0.880. The van der Waals surface area contributed by atoms with Crippen LogP contribution < -0.4 is 5.32 Å². The average Bonchev–Trinajstić information content (AvgIpc) is 2.40. The Morgan fingerprint density at radius 1 is 1.22 bits per heavy atom. The summed E-state index contributed by atoms with van der Waals surface area (Å²) in [5, 5.41) is 13.6. The number of non-ortho nitro benzene ring substituents is 1. The highest BCUT2D eigenvalue weighted by atomic mass is 35.5. The zero-order chi connectivity index (χ0) is 15.6. The van der Waals surface area contributed by atoms with Gasteiger partial charge in [-0.3, -0.25) is 15.0 Å². The molecule has 5 nitrogen and oxygen atoms in total. The van der Waals surface area contributed by atoms with Crippen LogP contribution in [0.2, 0.25) is 0 Å². The van der Waals surface area contributed by atoms with E-state index in [0.29, 0.717) is 25.2 Å². The summed E-state index contributed by atoms with van der Waals surface area (Å²) in [4.78, 5) is 10.9. The van der Waals surface area contributed by atoms with Gasteiger partial charge in [-0.25, -0.2) is 4.39 Å². The number of hydrogen-bond acceptors (Lipinski definition) is 4. The Balaban J connectivity index is 0.00000242. The molecule has 132 valence electrons. The van der Waals surface area contributed by atoms with E-state index in [9.17, 15) is 27.7 Å². The molecule has 0 aliphatic carbocycles. The summed E-state index contributed by atoms with van der Waals surface area (Å²) >= 11 is 0. The second kappa shape index (κ2) is 8.62. The number of benzene rings is 1. The van der Waals surface area contributed by atoms with Crippen LogP contribution in [0.1, 0.15) is 11.6 Å². The van der Waals surface area contributed by atoms with E-state index >= 15 is 0 Å². The Kier molecular flexibility index (Phi) is 8.19. The fourth-order valence-electron chi connectivity index (χ4n) is 2.37. The number of nitro benzene ring substituents is 1. The van der Waals surface area contributed by atoms with Gasteiger partial charge in [-0.15, -0.1) is 24.8 Å². The van der Waals surface area contributed by atoms with Gasteiger partial charge in [0.05, 0.1) is 4.92 Å². The van der Waals surface area contributed by atoms with Crippen LogP contribution in [-0.4, -0.2) is 42.2 Å². The quantitative estimate of drug-likeness (QED) is 0.498. The second-order valence-electron chi connectivity index (χ2n) is 4.69. The number of rotatable bonds is 3. The minimum absolute atomic E-state index is 0. The van der Waals surface area contributed by atoms with E-state index in [0.717, 1.165) is 11.0 Å². The summed E-state index contributed by atoms with van der Waals surface area (Å²) in [6, 6.07) is 0.0352. The molecule has 0 saturated carbocycles. The fraction of sp³-hybridized carbons (Fsp3) is 0.500. The predicted molar refractivity (Wildman–Crippen MR) is 80.8 cm³/mol. The summed E-state index contributed by atoms with van der Waals surface area (Å²) in [6.07, 6.45) is -4.71. The first-order valence-electron chi connectivity index (χ1n) is 6.26. The Labute approximate surface area is 142 Å². The van der Waals surface area contributed by atoms with Crippen molar-refractivity contribution in [1.29, 1.82) is 0 Å². The molecule has 0 unspecified atom stereocenters. The van der Waals surface area contributed by atoms with Gasteiger partial charge in [-0.2, -0.15) is 13.2 Å². The van der Waals surface area contributed by atoms with Crippen molar-refractivity contribution in [3.8, 4) is 0 Å². The van der Waals surface area contributed by atoms with Crippen molar-refractivity contribution in [1.82, 2.24) is 10.2 Å². The minimum atomic E-state index is -4.71. The van der Waals surface area contributed by atoms with Gasteiger partial charge < -0.3 is 5.32 Å². The zero-order valence-electron chi connectivity index (χ0n) is 11.7. The molecule has 0 amide bonds. The van der Waals surface area contributed by atoms with Gasteiger partial charge in [0.2, 0.25) is 0 Å². The normalized spacial score (nSPS) is 16.9. The van der Waals surface area contributed by atoms with Crippen molar-refractivity contribution in [2.24, 2.45) is 0 Å². The molecular weight excluding hydrogens is 365 g/mol. The number of halogens is 6. The third-order valence-electron chi connectivity index (χ3n) is 3.31. The number of nitro groups is 1. The Bertz CT molecular complexity index is 540. The summed E-state index contributed by atoms with van der Waals surface area (Å²) < 4.78 is 53.7. The highest BCUT2D eigenvalue weighted by Crippen LogP contribution is 2.39. The lowest BCUT2D eigenvalue weighted by Crippen LogP contribution is -2.49. The van der Waals surface area contributed by atoms with E-state index in [1.165, 1.54) is 0 Å². The minimum Gasteiger partial charge on any atom is -0.314 e. The lowest BCUT2D eigenvalue weighted by molar-refractivity contribution is -0.385. The van der Waals surface area contributed by atoms with E-state index in [-0.39, 0.29) is 37.9 Å². The van der Waals surface area contributed by atoms with Crippen molar-refractivity contribution >= 4 is 30.5 Å². The summed E-state index contributed by atoms with van der Waals surface area (Å²) in [5.41, 5.74) is -1.27. The molecule has 2 rings (SSSR count). The fourth-order valence-corrected chi connectivity index (χ4v) is 2.37. The monoisotopic (exact) mass is 379 g/mol. The van der Waals surface area contributed by atoms with Crippen LogP contribution in [-0.2, 0) is 0 Å². The molecule has 0 spiro atoms. The van der Waals surface area contributed by atoms with Crippen molar-refractivity contribution in [2.75, 3.05) is 26.2 Å². The molecule has 1 atom stereocenters.